The highest BCUT2D eigenvalue weighted by molar-refractivity contribution is 5.78. The number of pyridine rings is 1. The Bertz CT molecular complexity index is 893. The minimum absolute atomic E-state index is 0.218. The molecule has 3 aromatic heterocycles. The molecule has 0 spiro atoms. The summed E-state index contributed by atoms with van der Waals surface area (Å²) in [6, 6.07) is 14.3. The summed E-state index contributed by atoms with van der Waals surface area (Å²) in [4.78, 5) is 9.00. The first-order valence-corrected chi connectivity index (χ1v) is 6.50. The molecule has 0 saturated heterocycles. The lowest BCUT2D eigenvalue weighted by Gasteiger charge is -2.07. The number of hydrogen-bond acceptors (Lipinski definition) is 4. The number of aromatic hydroxyl groups is 1. The average Bonchev–Trinajstić information content (AvgIpc) is 3.15. The summed E-state index contributed by atoms with van der Waals surface area (Å²) < 4.78 is 7.38. The first-order valence-electron chi connectivity index (χ1n) is 6.50. The van der Waals surface area contributed by atoms with Gasteiger partial charge in [0.25, 0.3) is 0 Å². The predicted molar refractivity (Wildman–Crippen MR) is 78.2 cm³/mol. The van der Waals surface area contributed by atoms with Crippen LogP contribution in [-0.2, 0) is 0 Å². The molecule has 0 aliphatic rings. The van der Waals surface area contributed by atoms with E-state index < -0.39 is 0 Å². The van der Waals surface area contributed by atoms with Crippen LogP contribution >= 0.6 is 0 Å². The fraction of sp³-hybridized carbons (Fsp3) is 0. The van der Waals surface area contributed by atoms with Crippen LogP contribution in [0.5, 0.6) is 5.75 Å². The molecule has 3 heterocycles. The third-order valence-electron chi connectivity index (χ3n) is 3.27. The first kappa shape index (κ1) is 11.7. The van der Waals surface area contributed by atoms with Crippen molar-refractivity contribution in [2.24, 2.45) is 0 Å². The number of aromatic nitrogens is 3. The van der Waals surface area contributed by atoms with Gasteiger partial charge in [0.2, 0.25) is 0 Å². The number of furan rings is 1. The number of rotatable bonds is 2. The minimum atomic E-state index is 0.218. The Labute approximate surface area is 120 Å². The van der Waals surface area contributed by atoms with E-state index in [1.807, 2.05) is 41.0 Å². The Morgan fingerprint density at radius 2 is 1.86 bits per heavy atom. The van der Waals surface area contributed by atoms with Crippen molar-refractivity contribution in [3.8, 4) is 23.0 Å². The number of imidazole rings is 1. The summed E-state index contributed by atoms with van der Waals surface area (Å²) in [5.74, 6) is 1.57. The van der Waals surface area contributed by atoms with Crippen molar-refractivity contribution < 1.29 is 9.52 Å². The van der Waals surface area contributed by atoms with Gasteiger partial charge in [0.15, 0.2) is 17.2 Å². The van der Waals surface area contributed by atoms with Gasteiger partial charge in [-0.25, -0.2) is 9.97 Å². The number of fused-ring (bicyclic) bond motifs is 1. The Balaban J connectivity index is 2.05. The molecule has 0 atom stereocenters. The van der Waals surface area contributed by atoms with Crippen LogP contribution in [0.15, 0.2) is 65.4 Å². The quantitative estimate of drug-likeness (QED) is 0.610. The summed E-state index contributed by atoms with van der Waals surface area (Å²) in [6.07, 6.45) is 3.34. The molecule has 4 aromatic rings. The largest absolute Gasteiger partial charge is 0.508 e. The molecule has 0 unspecified atom stereocenters. The van der Waals surface area contributed by atoms with E-state index in [9.17, 15) is 5.11 Å². The van der Waals surface area contributed by atoms with Gasteiger partial charge < -0.3 is 9.52 Å². The number of hydrogen-bond donors (Lipinski definition) is 1. The maximum Gasteiger partial charge on any atom is 0.183 e. The molecule has 0 radical (unpaired) electrons. The molecule has 102 valence electrons. The predicted octanol–water partition coefficient (Wildman–Crippen LogP) is 3.39. The highest BCUT2D eigenvalue weighted by Crippen LogP contribution is 2.28. The fourth-order valence-corrected chi connectivity index (χ4v) is 2.33. The summed E-state index contributed by atoms with van der Waals surface area (Å²) in [7, 11) is 0. The van der Waals surface area contributed by atoms with E-state index in [4.69, 9.17) is 4.42 Å². The van der Waals surface area contributed by atoms with Crippen LogP contribution in [0.4, 0.5) is 0 Å². The number of phenols is 1. The van der Waals surface area contributed by atoms with Gasteiger partial charge >= 0.3 is 0 Å². The van der Waals surface area contributed by atoms with Crippen LogP contribution in [0.25, 0.3) is 28.4 Å². The van der Waals surface area contributed by atoms with Gasteiger partial charge in [-0.2, -0.15) is 0 Å². The molecular weight excluding hydrogens is 266 g/mol. The monoisotopic (exact) mass is 277 g/mol. The Morgan fingerprint density at radius 3 is 2.62 bits per heavy atom. The molecule has 5 heteroatoms. The molecule has 0 aliphatic carbocycles. The van der Waals surface area contributed by atoms with Crippen LogP contribution in [0, 0.1) is 0 Å². The van der Waals surface area contributed by atoms with E-state index in [2.05, 4.69) is 9.97 Å². The van der Waals surface area contributed by atoms with Crippen molar-refractivity contribution in [1.29, 1.82) is 0 Å². The molecule has 21 heavy (non-hydrogen) atoms. The lowest BCUT2D eigenvalue weighted by molar-refractivity contribution is 0.475. The topological polar surface area (TPSA) is 64.1 Å². The van der Waals surface area contributed by atoms with Crippen LogP contribution in [-0.4, -0.2) is 19.6 Å². The van der Waals surface area contributed by atoms with Gasteiger partial charge in [0.05, 0.1) is 6.26 Å². The normalized spacial score (nSPS) is 11.0. The Morgan fingerprint density at radius 1 is 1.00 bits per heavy atom. The van der Waals surface area contributed by atoms with E-state index in [1.165, 1.54) is 0 Å². The fourth-order valence-electron chi connectivity index (χ4n) is 2.33. The zero-order valence-electron chi connectivity index (χ0n) is 11.0. The Kier molecular flexibility index (Phi) is 2.50. The van der Waals surface area contributed by atoms with E-state index in [0.29, 0.717) is 11.6 Å². The number of nitrogens with zero attached hydrogens (tertiary/aromatic N) is 3. The van der Waals surface area contributed by atoms with Crippen LogP contribution < -0.4 is 0 Å². The molecule has 5 nitrogen and oxygen atoms in total. The van der Waals surface area contributed by atoms with Gasteiger partial charge in [-0.05, 0) is 48.5 Å². The molecule has 0 aliphatic heterocycles. The molecule has 0 saturated carbocycles. The molecular formula is C16H11N3O2. The molecule has 0 amide bonds. The smallest absolute Gasteiger partial charge is 0.183 e. The van der Waals surface area contributed by atoms with E-state index in [1.54, 1.807) is 24.6 Å². The minimum Gasteiger partial charge on any atom is -0.508 e. The van der Waals surface area contributed by atoms with Crippen molar-refractivity contribution in [1.82, 2.24) is 14.5 Å². The maximum absolute atomic E-state index is 9.46. The molecule has 1 N–H and O–H groups in total. The lowest BCUT2D eigenvalue weighted by atomic mass is 10.3. The summed E-state index contributed by atoms with van der Waals surface area (Å²) in [5, 5.41) is 9.46. The van der Waals surface area contributed by atoms with Gasteiger partial charge in [0, 0.05) is 11.9 Å². The molecule has 4 rings (SSSR count). The van der Waals surface area contributed by atoms with E-state index in [-0.39, 0.29) is 5.75 Å². The summed E-state index contributed by atoms with van der Waals surface area (Å²) in [6.45, 7) is 0. The third-order valence-corrected chi connectivity index (χ3v) is 3.27. The van der Waals surface area contributed by atoms with Crippen molar-refractivity contribution in [3.05, 3.63) is 61.0 Å². The lowest BCUT2D eigenvalue weighted by Crippen LogP contribution is -1.97. The molecule has 0 fully saturated rings. The number of phenolic OH excluding ortho intramolecular Hbond substituents is 1. The highest BCUT2D eigenvalue weighted by atomic mass is 16.3. The van der Waals surface area contributed by atoms with Crippen molar-refractivity contribution >= 4 is 11.2 Å². The van der Waals surface area contributed by atoms with Crippen molar-refractivity contribution in [2.45, 2.75) is 0 Å². The van der Waals surface area contributed by atoms with Crippen molar-refractivity contribution in [3.63, 3.8) is 0 Å². The zero-order chi connectivity index (χ0) is 14.2. The van der Waals surface area contributed by atoms with Crippen LogP contribution in [0.1, 0.15) is 0 Å². The van der Waals surface area contributed by atoms with Gasteiger partial charge in [-0.15, -0.1) is 0 Å². The second-order valence-electron chi connectivity index (χ2n) is 4.61. The second-order valence-corrected chi connectivity index (χ2v) is 4.61. The van der Waals surface area contributed by atoms with E-state index >= 15 is 0 Å². The maximum atomic E-state index is 9.46. The molecule has 1 aromatic carbocycles. The highest BCUT2D eigenvalue weighted by Gasteiger charge is 2.16. The third kappa shape index (κ3) is 1.87. The van der Waals surface area contributed by atoms with Crippen molar-refractivity contribution in [2.75, 3.05) is 0 Å². The van der Waals surface area contributed by atoms with Crippen LogP contribution in [0.2, 0.25) is 0 Å². The van der Waals surface area contributed by atoms with Gasteiger partial charge in [-0.3, -0.25) is 4.57 Å². The van der Waals surface area contributed by atoms with Gasteiger partial charge in [-0.1, -0.05) is 0 Å². The van der Waals surface area contributed by atoms with Crippen LogP contribution in [0.3, 0.4) is 0 Å². The standard InChI is InChI=1S/C16H11N3O2/c20-12-7-5-11(6-8-12)19-15-13(3-1-9-17-15)18-16(19)14-4-2-10-21-14/h1-10,20H. The first-order chi connectivity index (χ1) is 10.3. The summed E-state index contributed by atoms with van der Waals surface area (Å²) in [5.41, 5.74) is 2.40. The Hall–Kier alpha value is -3.08. The average molecular weight is 277 g/mol. The summed E-state index contributed by atoms with van der Waals surface area (Å²) >= 11 is 0. The SMILES string of the molecule is Oc1ccc(-n2c(-c3ccco3)nc3cccnc32)cc1. The number of benzene rings is 1. The van der Waals surface area contributed by atoms with E-state index in [0.717, 1.165) is 16.9 Å². The second kappa shape index (κ2) is 4.49. The molecule has 0 bridgehead atoms. The zero-order valence-corrected chi connectivity index (χ0v) is 11.0. The van der Waals surface area contributed by atoms with Gasteiger partial charge in [0.1, 0.15) is 11.3 Å².